The predicted octanol–water partition coefficient (Wildman–Crippen LogP) is 3.49. The Balaban J connectivity index is 1.88. The zero-order valence-corrected chi connectivity index (χ0v) is 15.1. The molecule has 0 saturated carbocycles. The number of hydrogen-bond acceptors (Lipinski definition) is 3. The second kappa shape index (κ2) is 8.33. The fraction of sp³-hybridized carbons (Fsp3) is 0.300. The highest BCUT2D eigenvalue weighted by Gasteiger charge is 2.08. The topological polar surface area (TPSA) is 70.2 Å². The van der Waals surface area contributed by atoms with Gasteiger partial charge in [-0.25, -0.2) is 0 Å². The second-order valence-corrected chi connectivity index (χ2v) is 6.43. The third-order valence-electron chi connectivity index (χ3n) is 3.68. The van der Waals surface area contributed by atoms with Crippen molar-refractivity contribution in [2.24, 2.45) is 0 Å². The Morgan fingerprint density at radius 1 is 1.00 bits per heavy atom. The highest BCUT2D eigenvalue weighted by Crippen LogP contribution is 2.16. The summed E-state index contributed by atoms with van der Waals surface area (Å²) in [6, 6.07) is 13.1. The Hall–Kier alpha value is -2.82. The Morgan fingerprint density at radius 3 is 2.28 bits per heavy atom. The van der Waals surface area contributed by atoms with Gasteiger partial charge in [0.25, 0.3) is 5.91 Å². The minimum absolute atomic E-state index is 0.0965. The summed E-state index contributed by atoms with van der Waals surface area (Å²) in [5.74, 6) is -0.220. The van der Waals surface area contributed by atoms with Crippen LogP contribution in [-0.4, -0.2) is 24.4 Å². The van der Waals surface area contributed by atoms with Crippen molar-refractivity contribution in [2.75, 3.05) is 17.2 Å². The average molecular weight is 339 g/mol. The second-order valence-electron chi connectivity index (χ2n) is 6.43. The van der Waals surface area contributed by atoms with Crippen LogP contribution in [0.4, 0.5) is 11.4 Å². The zero-order valence-electron chi connectivity index (χ0n) is 15.1. The first-order valence-electron chi connectivity index (χ1n) is 8.37. The van der Waals surface area contributed by atoms with E-state index in [1.807, 2.05) is 45.9 Å². The molecule has 132 valence electrons. The monoisotopic (exact) mass is 339 g/mol. The summed E-state index contributed by atoms with van der Waals surface area (Å²) < 4.78 is 0. The van der Waals surface area contributed by atoms with Gasteiger partial charge in [-0.3, -0.25) is 9.59 Å². The lowest BCUT2D eigenvalue weighted by Crippen LogP contribution is -2.30. The van der Waals surface area contributed by atoms with E-state index in [1.54, 1.807) is 24.3 Å². The van der Waals surface area contributed by atoms with Gasteiger partial charge in [0.2, 0.25) is 5.91 Å². The summed E-state index contributed by atoms with van der Waals surface area (Å²) in [5, 5.41) is 8.79. The molecule has 5 heteroatoms. The number of carbonyl (C=O) groups is 2. The fourth-order valence-electron chi connectivity index (χ4n) is 2.42. The molecule has 0 unspecified atom stereocenters. The summed E-state index contributed by atoms with van der Waals surface area (Å²) in [6.45, 7) is 7.98. The molecule has 0 aromatic heterocycles. The van der Waals surface area contributed by atoms with Gasteiger partial charge in [-0.1, -0.05) is 17.7 Å². The van der Waals surface area contributed by atoms with Crippen LogP contribution in [0.3, 0.4) is 0 Å². The molecule has 3 N–H and O–H groups in total. The lowest BCUT2D eigenvalue weighted by molar-refractivity contribution is -0.114. The third-order valence-corrected chi connectivity index (χ3v) is 3.68. The number of carbonyl (C=O) groups excluding carboxylic acids is 2. The molecule has 0 fully saturated rings. The van der Waals surface area contributed by atoms with E-state index in [9.17, 15) is 9.59 Å². The molecule has 0 radical (unpaired) electrons. The standard InChI is InChI=1S/C20H25N3O2/c1-13(2)22-20(25)16-6-8-17(9-7-16)21-12-19(24)23-18-10-5-14(3)11-15(18)4/h5-11,13,21H,12H2,1-4H3,(H,22,25)(H,23,24). The van der Waals surface area contributed by atoms with Gasteiger partial charge in [0.1, 0.15) is 0 Å². The highest BCUT2D eigenvalue weighted by molar-refractivity contribution is 5.95. The molecular formula is C20H25N3O2. The SMILES string of the molecule is Cc1ccc(NC(=O)CNc2ccc(C(=O)NC(C)C)cc2)c(C)c1. The van der Waals surface area contributed by atoms with E-state index in [2.05, 4.69) is 16.0 Å². The van der Waals surface area contributed by atoms with Gasteiger partial charge in [0, 0.05) is 23.0 Å². The molecule has 2 rings (SSSR count). The van der Waals surface area contributed by atoms with E-state index in [4.69, 9.17) is 0 Å². The van der Waals surface area contributed by atoms with Crippen LogP contribution in [0, 0.1) is 13.8 Å². The molecule has 0 saturated heterocycles. The smallest absolute Gasteiger partial charge is 0.251 e. The van der Waals surface area contributed by atoms with Crippen molar-refractivity contribution in [3.05, 3.63) is 59.2 Å². The van der Waals surface area contributed by atoms with Crippen molar-refractivity contribution < 1.29 is 9.59 Å². The average Bonchev–Trinajstić information content (AvgIpc) is 2.55. The number of rotatable bonds is 6. The lowest BCUT2D eigenvalue weighted by Gasteiger charge is -2.11. The lowest BCUT2D eigenvalue weighted by atomic mass is 10.1. The highest BCUT2D eigenvalue weighted by atomic mass is 16.2. The maximum atomic E-state index is 12.1. The van der Waals surface area contributed by atoms with Gasteiger partial charge in [-0.15, -0.1) is 0 Å². The molecule has 2 amide bonds. The van der Waals surface area contributed by atoms with Crippen LogP contribution in [0.2, 0.25) is 0 Å². The van der Waals surface area contributed by atoms with Crippen molar-refractivity contribution >= 4 is 23.2 Å². The number of hydrogen-bond donors (Lipinski definition) is 3. The van der Waals surface area contributed by atoms with Crippen LogP contribution in [0.1, 0.15) is 35.3 Å². The molecular weight excluding hydrogens is 314 g/mol. The van der Waals surface area contributed by atoms with Gasteiger partial charge in [0.15, 0.2) is 0 Å². The summed E-state index contributed by atoms with van der Waals surface area (Å²) in [5.41, 5.74) is 4.40. The molecule has 0 atom stereocenters. The quantitative estimate of drug-likeness (QED) is 0.754. The molecule has 0 spiro atoms. The van der Waals surface area contributed by atoms with Crippen molar-refractivity contribution in [3.63, 3.8) is 0 Å². The van der Waals surface area contributed by atoms with E-state index >= 15 is 0 Å². The van der Waals surface area contributed by atoms with Crippen LogP contribution in [0.15, 0.2) is 42.5 Å². The molecule has 2 aromatic rings. The van der Waals surface area contributed by atoms with E-state index in [-0.39, 0.29) is 24.4 Å². The van der Waals surface area contributed by atoms with Crippen LogP contribution in [0.25, 0.3) is 0 Å². The first kappa shape index (κ1) is 18.5. The van der Waals surface area contributed by atoms with Crippen LogP contribution in [-0.2, 0) is 4.79 Å². The molecule has 2 aromatic carbocycles. The van der Waals surface area contributed by atoms with Gasteiger partial charge in [-0.05, 0) is 63.6 Å². The summed E-state index contributed by atoms with van der Waals surface area (Å²) in [6.07, 6.45) is 0. The minimum Gasteiger partial charge on any atom is -0.376 e. The van der Waals surface area contributed by atoms with Crippen LogP contribution < -0.4 is 16.0 Å². The molecule has 5 nitrogen and oxygen atoms in total. The normalized spacial score (nSPS) is 10.4. The van der Waals surface area contributed by atoms with Gasteiger partial charge >= 0.3 is 0 Å². The first-order chi connectivity index (χ1) is 11.8. The number of amides is 2. The van der Waals surface area contributed by atoms with Crippen molar-refractivity contribution in [2.45, 2.75) is 33.7 Å². The zero-order chi connectivity index (χ0) is 18.4. The third kappa shape index (κ3) is 5.64. The van der Waals surface area contributed by atoms with Crippen molar-refractivity contribution in [1.29, 1.82) is 0 Å². The van der Waals surface area contributed by atoms with Crippen molar-refractivity contribution in [3.8, 4) is 0 Å². The summed E-state index contributed by atoms with van der Waals surface area (Å²) >= 11 is 0. The molecule has 25 heavy (non-hydrogen) atoms. The van der Waals surface area contributed by atoms with Crippen LogP contribution in [0.5, 0.6) is 0 Å². The maximum Gasteiger partial charge on any atom is 0.251 e. The van der Waals surface area contributed by atoms with Crippen molar-refractivity contribution in [1.82, 2.24) is 5.32 Å². The molecule has 0 heterocycles. The largest absolute Gasteiger partial charge is 0.376 e. The van der Waals surface area contributed by atoms with Crippen LogP contribution >= 0.6 is 0 Å². The first-order valence-corrected chi connectivity index (χ1v) is 8.37. The Labute approximate surface area is 148 Å². The van der Waals surface area contributed by atoms with Gasteiger partial charge < -0.3 is 16.0 Å². The predicted molar refractivity (Wildman–Crippen MR) is 102 cm³/mol. The molecule has 0 aliphatic rings. The van der Waals surface area contributed by atoms with E-state index in [0.717, 1.165) is 22.5 Å². The number of anilines is 2. The number of aryl methyl sites for hydroxylation is 2. The summed E-state index contributed by atoms with van der Waals surface area (Å²) in [4.78, 5) is 24.0. The summed E-state index contributed by atoms with van der Waals surface area (Å²) in [7, 11) is 0. The fourth-order valence-corrected chi connectivity index (χ4v) is 2.42. The molecule has 0 bridgehead atoms. The van der Waals surface area contributed by atoms with Gasteiger partial charge in [0.05, 0.1) is 6.54 Å². The Kier molecular flexibility index (Phi) is 6.17. The van der Waals surface area contributed by atoms with Gasteiger partial charge in [-0.2, -0.15) is 0 Å². The molecule has 0 aliphatic carbocycles. The van der Waals surface area contributed by atoms with E-state index in [1.165, 1.54) is 0 Å². The van der Waals surface area contributed by atoms with E-state index in [0.29, 0.717) is 5.56 Å². The number of nitrogens with one attached hydrogen (secondary N) is 3. The molecule has 0 aliphatic heterocycles. The Bertz CT molecular complexity index is 752. The van der Waals surface area contributed by atoms with E-state index < -0.39 is 0 Å². The minimum atomic E-state index is -0.117. The Morgan fingerprint density at radius 2 is 1.68 bits per heavy atom. The number of benzene rings is 2. The maximum absolute atomic E-state index is 12.1.